The molecule has 0 bridgehead atoms. The van der Waals surface area contributed by atoms with E-state index in [0.29, 0.717) is 10.3 Å². The predicted molar refractivity (Wildman–Crippen MR) is 51.5 cm³/mol. The fourth-order valence-corrected chi connectivity index (χ4v) is 1.51. The molecule has 0 aliphatic rings. The quantitative estimate of drug-likeness (QED) is 0.691. The summed E-state index contributed by atoms with van der Waals surface area (Å²) in [5, 5.41) is 22.0. The first-order valence-electron chi connectivity index (χ1n) is 3.79. The highest BCUT2D eigenvalue weighted by atomic mass is 79.9. The van der Waals surface area contributed by atoms with Crippen LogP contribution in [0, 0.1) is 0 Å². The standard InChI is InChI=1S/C7H10BrN3O3/c1-11-3(2-4(8)10-11)6(12)5(9)7(13)14/h2,5-6,12H,9H2,1H3,(H,13,14). The van der Waals surface area contributed by atoms with Crippen molar-refractivity contribution < 1.29 is 15.0 Å². The van der Waals surface area contributed by atoms with Gasteiger partial charge in [-0.25, -0.2) is 0 Å². The lowest BCUT2D eigenvalue weighted by Crippen LogP contribution is -2.37. The van der Waals surface area contributed by atoms with Crippen LogP contribution in [0.1, 0.15) is 11.8 Å². The molecule has 2 unspecified atom stereocenters. The van der Waals surface area contributed by atoms with Gasteiger partial charge in [-0.3, -0.25) is 9.48 Å². The molecule has 78 valence electrons. The van der Waals surface area contributed by atoms with Crippen LogP contribution >= 0.6 is 15.9 Å². The van der Waals surface area contributed by atoms with E-state index >= 15 is 0 Å². The van der Waals surface area contributed by atoms with Gasteiger partial charge in [0.25, 0.3) is 0 Å². The summed E-state index contributed by atoms with van der Waals surface area (Å²) in [5.74, 6) is -1.25. The molecule has 2 atom stereocenters. The Bertz CT molecular complexity index is 352. The Morgan fingerprint density at radius 1 is 1.79 bits per heavy atom. The Hall–Kier alpha value is -0.920. The summed E-state index contributed by atoms with van der Waals surface area (Å²) < 4.78 is 1.89. The predicted octanol–water partition coefficient (Wildman–Crippen LogP) is -0.372. The first-order chi connectivity index (χ1) is 6.43. The van der Waals surface area contributed by atoms with Crippen LogP contribution in [-0.2, 0) is 11.8 Å². The van der Waals surface area contributed by atoms with Crippen LogP contribution in [-0.4, -0.2) is 32.0 Å². The zero-order valence-corrected chi connectivity index (χ0v) is 8.97. The number of aliphatic hydroxyl groups excluding tert-OH is 1. The van der Waals surface area contributed by atoms with E-state index in [-0.39, 0.29) is 0 Å². The SMILES string of the molecule is Cn1nc(Br)cc1C(O)C(N)C(=O)O. The van der Waals surface area contributed by atoms with Gasteiger partial charge in [0.1, 0.15) is 16.7 Å². The number of carboxylic acids is 1. The van der Waals surface area contributed by atoms with Crippen molar-refractivity contribution in [3.05, 3.63) is 16.4 Å². The second-order valence-corrected chi connectivity index (χ2v) is 3.64. The third-order valence-corrected chi connectivity index (χ3v) is 2.20. The maximum Gasteiger partial charge on any atom is 0.323 e. The zero-order valence-electron chi connectivity index (χ0n) is 7.38. The molecule has 1 heterocycles. The van der Waals surface area contributed by atoms with E-state index < -0.39 is 18.1 Å². The lowest BCUT2D eigenvalue weighted by Gasteiger charge is -2.14. The molecule has 0 aromatic carbocycles. The van der Waals surface area contributed by atoms with Gasteiger partial charge in [-0.2, -0.15) is 5.10 Å². The lowest BCUT2D eigenvalue weighted by molar-refractivity contribution is -0.141. The molecule has 0 aliphatic heterocycles. The second-order valence-electron chi connectivity index (χ2n) is 2.82. The molecule has 7 heteroatoms. The van der Waals surface area contributed by atoms with Crippen molar-refractivity contribution in [2.75, 3.05) is 0 Å². The molecule has 0 amide bonds. The van der Waals surface area contributed by atoms with Crippen LogP contribution in [0.15, 0.2) is 10.7 Å². The highest BCUT2D eigenvalue weighted by Crippen LogP contribution is 2.19. The van der Waals surface area contributed by atoms with Crippen molar-refractivity contribution in [1.29, 1.82) is 0 Å². The number of carboxylic acid groups (broad SMARTS) is 1. The minimum atomic E-state index is -1.35. The van der Waals surface area contributed by atoms with Gasteiger partial charge >= 0.3 is 5.97 Å². The van der Waals surface area contributed by atoms with E-state index in [4.69, 9.17) is 10.8 Å². The van der Waals surface area contributed by atoms with Crippen molar-refractivity contribution in [3.63, 3.8) is 0 Å². The summed E-state index contributed by atoms with van der Waals surface area (Å²) in [6.07, 6.45) is -1.27. The van der Waals surface area contributed by atoms with Gasteiger partial charge in [-0.05, 0) is 22.0 Å². The van der Waals surface area contributed by atoms with Crippen molar-refractivity contribution in [1.82, 2.24) is 9.78 Å². The summed E-state index contributed by atoms with van der Waals surface area (Å²) in [4.78, 5) is 10.5. The first kappa shape index (κ1) is 11.2. The van der Waals surface area contributed by atoms with Gasteiger partial charge in [-0.15, -0.1) is 0 Å². The number of carbonyl (C=O) groups is 1. The van der Waals surface area contributed by atoms with E-state index in [0.717, 1.165) is 0 Å². The maximum atomic E-state index is 10.5. The largest absolute Gasteiger partial charge is 0.480 e. The first-order valence-corrected chi connectivity index (χ1v) is 4.58. The van der Waals surface area contributed by atoms with Gasteiger partial charge < -0.3 is 15.9 Å². The van der Waals surface area contributed by atoms with Gasteiger partial charge in [0.2, 0.25) is 0 Å². The Morgan fingerprint density at radius 3 is 2.71 bits per heavy atom. The van der Waals surface area contributed by atoms with Crippen LogP contribution in [0.2, 0.25) is 0 Å². The number of nitrogens with two attached hydrogens (primary N) is 1. The molecule has 6 nitrogen and oxygen atoms in total. The minimum Gasteiger partial charge on any atom is -0.480 e. The number of aliphatic carboxylic acids is 1. The second kappa shape index (κ2) is 4.07. The maximum absolute atomic E-state index is 10.5. The Labute approximate surface area is 88.5 Å². The number of halogens is 1. The monoisotopic (exact) mass is 263 g/mol. The van der Waals surface area contributed by atoms with Gasteiger partial charge in [-0.1, -0.05) is 0 Å². The number of rotatable bonds is 3. The molecular formula is C7H10BrN3O3. The fraction of sp³-hybridized carbons (Fsp3) is 0.429. The van der Waals surface area contributed by atoms with Crippen molar-refractivity contribution in [2.45, 2.75) is 12.1 Å². The Morgan fingerprint density at radius 2 is 2.36 bits per heavy atom. The number of aliphatic hydroxyl groups is 1. The van der Waals surface area contributed by atoms with Crippen LogP contribution in [0.3, 0.4) is 0 Å². The molecule has 0 aliphatic carbocycles. The molecule has 1 rings (SSSR count). The molecule has 0 fully saturated rings. The fourth-order valence-electron chi connectivity index (χ4n) is 1.04. The van der Waals surface area contributed by atoms with Crippen LogP contribution in [0.4, 0.5) is 0 Å². The summed E-state index contributed by atoms with van der Waals surface area (Å²) in [5.41, 5.74) is 5.62. The topological polar surface area (TPSA) is 101 Å². The van der Waals surface area contributed by atoms with E-state index in [1.165, 1.54) is 10.7 Å². The summed E-state index contributed by atoms with van der Waals surface area (Å²) in [6.45, 7) is 0. The average molecular weight is 264 g/mol. The number of hydrogen-bond acceptors (Lipinski definition) is 4. The Kier molecular flexibility index (Phi) is 3.25. The number of aromatic nitrogens is 2. The van der Waals surface area contributed by atoms with Crippen LogP contribution in [0.25, 0.3) is 0 Å². The normalized spacial score (nSPS) is 15.1. The van der Waals surface area contributed by atoms with Crippen molar-refractivity contribution in [2.24, 2.45) is 12.8 Å². The van der Waals surface area contributed by atoms with Gasteiger partial charge in [0, 0.05) is 7.05 Å². The number of hydrogen-bond donors (Lipinski definition) is 3. The summed E-state index contributed by atoms with van der Waals surface area (Å²) >= 11 is 3.11. The van der Waals surface area contributed by atoms with E-state index in [2.05, 4.69) is 21.0 Å². The average Bonchev–Trinajstić information content (AvgIpc) is 2.42. The van der Waals surface area contributed by atoms with E-state index in [9.17, 15) is 9.90 Å². The molecular weight excluding hydrogens is 254 g/mol. The molecule has 0 saturated heterocycles. The smallest absolute Gasteiger partial charge is 0.323 e. The van der Waals surface area contributed by atoms with E-state index in [1.54, 1.807) is 7.05 Å². The molecule has 1 aromatic rings. The third-order valence-electron chi connectivity index (χ3n) is 1.81. The number of aryl methyl sites for hydroxylation is 1. The zero-order chi connectivity index (χ0) is 10.9. The summed E-state index contributed by atoms with van der Waals surface area (Å²) in [6, 6.07) is 0.172. The Balaban J connectivity index is 2.94. The highest BCUT2D eigenvalue weighted by Gasteiger charge is 2.26. The molecule has 4 N–H and O–H groups in total. The van der Waals surface area contributed by atoms with Crippen molar-refractivity contribution >= 4 is 21.9 Å². The molecule has 1 aromatic heterocycles. The summed E-state index contributed by atoms with van der Waals surface area (Å²) in [7, 11) is 1.60. The molecule has 0 spiro atoms. The number of nitrogens with zero attached hydrogens (tertiary/aromatic N) is 2. The van der Waals surface area contributed by atoms with Crippen LogP contribution < -0.4 is 5.73 Å². The van der Waals surface area contributed by atoms with Crippen LogP contribution in [0.5, 0.6) is 0 Å². The molecule has 0 radical (unpaired) electrons. The minimum absolute atomic E-state index is 0.353. The molecule has 0 saturated carbocycles. The van der Waals surface area contributed by atoms with Gasteiger partial charge in [0.15, 0.2) is 0 Å². The highest BCUT2D eigenvalue weighted by molar-refractivity contribution is 9.10. The van der Waals surface area contributed by atoms with E-state index in [1.807, 2.05) is 0 Å². The van der Waals surface area contributed by atoms with Crippen molar-refractivity contribution in [3.8, 4) is 0 Å². The van der Waals surface area contributed by atoms with Gasteiger partial charge in [0.05, 0.1) is 5.69 Å². The third kappa shape index (κ3) is 2.11. The molecule has 14 heavy (non-hydrogen) atoms. The lowest BCUT2D eigenvalue weighted by atomic mass is 10.1.